The van der Waals surface area contributed by atoms with Crippen LogP contribution in [0.1, 0.15) is 37.0 Å². The van der Waals surface area contributed by atoms with Crippen molar-refractivity contribution in [3.63, 3.8) is 0 Å². The fraction of sp³-hybridized carbons (Fsp3) is 0.533. The van der Waals surface area contributed by atoms with Crippen molar-refractivity contribution in [1.82, 2.24) is 4.90 Å². The van der Waals surface area contributed by atoms with Crippen LogP contribution in [-0.4, -0.2) is 23.5 Å². The van der Waals surface area contributed by atoms with Gasteiger partial charge in [0, 0.05) is 12.0 Å². The molecule has 4 rings (SSSR count). The van der Waals surface area contributed by atoms with E-state index in [-0.39, 0.29) is 22.6 Å². The minimum atomic E-state index is -0.378. The summed E-state index contributed by atoms with van der Waals surface area (Å²) < 4.78 is 5.03. The zero-order chi connectivity index (χ0) is 12.9. The van der Waals surface area contributed by atoms with Gasteiger partial charge in [0.25, 0.3) is 0 Å². The van der Waals surface area contributed by atoms with E-state index in [1.165, 1.54) is 23.8 Å². The molecule has 3 heterocycles. The summed E-state index contributed by atoms with van der Waals surface area (Å²) in [7, 11) is 1.49. The zero-order valence-corrected chi connectivity index (χ0v) is 11.2. The van der Waals surface area contributed by atoms with Crippen molar-refractivity contribution >= 4 is 5.97 Å². The molecule has 3 nitrogen and oxygen atoms in total. The fourth-order valence-electron chi connectivity index (χ4n) is 5.04. The Labute approximate surface area is 107 Å². The van der Waals surface area contributed by atoms with Gasteiger partial charge in [-0.15, -0.1) is 0 Å². The summed E-state index contributed by atoms with van der Waals surface area (Å²) in [6, 6.07) is 6.43. The first-order valence-corrected chi connectivity index (χ1v) is 6.44. The Balaban J connectivity index is 1.97. The van der Waals surface area contributed by atoms with E-state index in [1.807, 2.05) is 0 Å². The second kappa shape index (κ2) is 2.50. The van der Waals surface area contributed by atoms with Crippen molar-refractivity contribution in [1.29, 1.82) is 0 Å². The van der Waals surface area contributed by atoms with Gasteiger partial charge in [0.1, 0.15) is 5.54 Å². The quantitative estimate of drug-likeness (QED) is 0.558. The van der Waals surface area contributed by atoms with Gasteiger partial charge in [-0.2, -0.15) is 0 Å². The molecule has 0 bridgehead atoms. The van der Waals surface area contributed by atoms with Gasteiger partial charge in [-0.1, -0.05) is 18.2 Å². The van der Waals surface area contributed by atoms with Crippen LogP contribution < -0.4 is 0 Å². The smallest absolute Gasteiger partial charge is 0.328 e. The summed E-state index contributed by atoms with van der Waals surface area (Å²) >= 11 is 0. The van der Waals surface area contributed by atoms with Crippen LogP contribution in [0.2, 0.25) is 0 Å². The number of fused-ring (bicyclic) bond motifs is 4. The predicted octanol–water partition coefficient (Wildman–Crippen LogP) is 2.07. The van der Waals surface area contributed by atoms with Crippen LogP contribution in [0, 0.1) is 6.92 Å². The SMILES string of the molecule is COC(=O)C12C[C@]3(C)c4c(C)cccc4[C@@]1(C)N23. The third-order valence-corrected chi connectivity index (χ3v) is 5.54. The molecule has 0 aromatic heterocycles. The first kappa shape index (κ1) is 10.6. The van der Waals surface area contributed by atoms with E-state index in [0.29, 0.717) is 0 Å². The third kappa shape index (κ3) is 0.674. The lowest BCUT2D eigenvalue weighted by Crippen LogP contribution is -2.56. The van der Waals surface area contributed by atoms with E-state index in [2.05, 4.69) is 43.9 Å². The maximum absolute atomic E-state index is 12.1. The minimum absolute atomic E-state index is 0.0314. The Bertz CT molecular complexity index is 611. The Morgan fingerprint density at radius 1 is 1.39 bits per heavy atom. The topological polar surface area (TPSA) is 29.3 Å². The summed E-state index contributed by atoms with van der Waals surface area (Å²) in [6.45, 7) is 6.59. The molecule has 0 saturated carbocycles. The van der Waals surface area contributed by atoms with E-state index in [9.17, 15) is 4.79 Å². The molecule has 0 amide bonds. The van der Waals surface area contributed by atoms with Gasteiger partial charge < -0.3 is 4.74 Å². The monoisotopic (exact) mass is 243 g/mol. The van der Waals surface area contributed by atoms with Crippen LogP contribution in [0.3, 0.4) is 0 Å². The highest BCUT2D eigenvalue weighted by molar-refractivity contribution is 5.93. The molecule has 0 N–H and O–H groups in total. The van der Waals surface area contributed by atoms with E-state index in [1.54, 1.807) is 0 Å². The molecule has 0 spiro atoms. The van der Waals surface area contributed by atoms with Gasteiger partial charge >= 0.3 is 5.97 Å². The third-order valence-electron chi connectivity index (χ3n) is 5.54. The van der Waals surface area contributed by atoms with Crippen molar-refractivity contribution in [3.8, 4) is 0 Å². The van der Waals surface area contributed by atoms with Crippen LogP contribution >= 0.6 is 0 Å². The Hall–Kier alpha value is -1.35. The number of hydrogen-bond donors (Lipinski definition) is 0. The van der Waals surface area contributed by atoms with Crippen molar-refractivity contribution in [2.24, 2.45) is 0 Å². The molecule has 0 radical (unpaired) electrons. The second-order valence-corrected chi connectivity index (χ2v) is 6.21. The summed E-state index contributed by atoms with van der Waals surface area (Å²) in [5.41, 5.74) is 3.60. The van der Waals surface area contributed by atoms with Crippen molar-refractivity contribution in [2.45, 2.75) is 43.8 Å². The van der Waals surface area contributed by atoms with Crippen molar-refractivity contribution < 1.29 is 9.53 Å². The lowest BCUT2D eigenvalue weighted by molar-refractivity contribution is -0.152. The van der Waals surface area contributed by atoms with E-state index >= 15 is 0 Å². The molecule has 2 saturated heterocycles. The molecule has 3 heteroatoms. The van der Waals surface area contributed by atoms with Crippen LogP contribution in [0.25, 0.3) is 0 Å². The summed E-state index contributed by atoms with van der Waals surface area (Å²) in [5, 5.41) is 0. The lowest BCUT2D eigenvalue weighted by Gasteiger charge is -2.45. The number of carbonyl (C=O) groups excluding carboxylic acids is 1. The number of ether oxygens (including phenoxy) is 1. The molecule has 1 aromatic carbocycles. The maximum Gasteiger partial charge on any atom is 0.328 e. The highest BCUT2D eigenvalue weighted by Gasteiger charge is 2.94. The lowest BCUT2D eigenvalue weighted by atomic mass is 9.65. The number of aryl methyl sites for hydroxylation is 1. The van der Waals surface area contributed by atoms with Gasteiger partial charge in [0.15, 0.2) is 0 Å². The molecule has 4 atom stereocenters. The maximum atomic E-state index is 12.1. The molecule has 1 aromatic rings. The first-order chi connectivity index (χ1) is 8.44. The molecule has 3 aliphatic rings. The highest BCUT2D eigenvalue weighted by atomic mass is 16.5. The average Bonchev–Trinajstić information content (AvgIpc) is 2.74. The normalized spacial score (nSPS) is 45.9. The highest BCUT2D eigenvalue weighted by Crippen LogP contribution is 2.82. The molecule has 18 heavy (non-hydrogen) atoms. The van der Waals surface area contributed by atoms with Crippen molar-refractivity contribution in [2.75, 3.05) is 7.11 Å². The van der Waals surface area contributed by atoms with Crippen LogP contribution in [0.5, 0.6) is 0 Å². The van der Waals surface area contributed by atoms with E-state index in [0.717, 1.165) is 6.42 Å². The van der Waals surface area contributed by atoms with E-state index in [4.69, 9.17) is 4.74 Å². The Morgan fingerprint density at radius 2 is 2.11 bits per heavy atom. The Morgan fingerprint density at radius 3 is 2.78 bits per heavy atom. The fourth-order valence-corrected chi connectivity index (χ4v) is 5.04. The molecule has 3 aliphatic heterocycles. The van der Waals surface area contributed by atoms with Crippen LogP contribution in [0.4, 0.5) is 0 Å². The number of carbonyl (C=O) groups is 1. The standard InChI is InChI=1S/C15H17NO2/c1-9-6-5-7-10-11(9)13(2)8-15(12(17)18-4)14(10,3)16(13)15/h5-7H,8H2,1-4H3/t13-,14-,15?,16?/m1/s1. The van der Waals surface area contributed by atoms with Gasteiger partial charge in [0.05, 0.1) is 12.6 Å². The summed E-state index contributed by atoms with van der Waals surface area (Å²) in [4.78, 5) is 14.5. The molecule has 2 fully saturated rings. The van der Waals surface area contributed by atoms with Crippen LogP contribution in [0.15, 0.2) is 18.2 Å². The minimum Gasteiger partial charge on any atom is -0.468 e. The molecule has 94 valence electrons. The van der Waals surface area contributed by atoms with Crippen LogP contribution in [-0.2, 0) is 20.6 Å². The van der Waals surface area contributed by atoms with Crippen molar-refractivity contribution in [3.05, 3.63) is 34.9 Å². The molecular weight excluding hydrogens is 226 g/mol. The number of esters is 1. The number of rotatable bonds is 1. The summed E-state index contributed by atoms with van der Waals surface area (Å²) in [5.74, 6) is -0.0744. The number of nitrogens with zero attached hydrogens (tertiary/aromatic N) is 1. The van der Waals surface area contributed by atoms with Gasteiger partial charge in [-0.3, -0.25) is 4.90 Å². The van der Waals surface area contributed by atoms with Gasteiger partial charge in [-0.25, -0.2) is 4.79 Å². The number of hydrogen-bond acceptors (Lipinski definition) is 3. The number of benzene rings is 1. The van der Waals surface area contributed by atoms with Gasteiger partial charge in [-0.05, 0) is 37.5 Å². The summed E-state index contributed by atoms with van der Waals surface area (Å²) in [6.07, 6.45) is 0.890. The second-order valence-electron chi connectivity index (χ2n) is 6.21. The molecule has 2 unspecified atom stereocenters. The van der Waals surface area contributed by atoms with Gasteiger partial charge in [0.2, 0.25) is 0 Å². The molecule has 0 aliphatic carbocycles. The molecular formula is C15H17NO2. The predicted molar refractivity (Wildman–Crippen MR) is 67.1 cm³/mol. The zero-order valence-electron chi connectivity index (χ0n) is 11.2. The average molecular weight is 243 g/mol. The largest absolute Gasteiger partial charge is 0.468 e. The Kier molecular flexibility index (Phi) is 1.47. The first-order valence-electron chi connectivity index (χ1n) is 6.44. The number of methoxy groups -OCH3 is 1. The van der Waals surface area contributed by atoms with E-state index < -0.39 is 0 Å².